The highest BCUT2D eigenvalue weighted by Gasteiger charge is 2.65. The summed E-state index contributed by atoms with van der Waals surface area (Å²) in [6.45, 7) is -2.86. The molecule has 14 atom stereocenters. The van der Waals surface area contributed by atoms with Crippen LogP contribution in [0.5, 0.6) is 0 Å². The van der Waals surface area contributed by atoms with Crippen LogP contribution in [0.1, 0.15) is 0 Å². The zero-order valence-corrected chi connectivity index (χ0v) is 22.9. The van der Waals surface area contributed by atoms with Gasteiger partial charge in [-0.25, -0.2) is 0 Å². The molecule has 0 aliphatic carbocycles. The second-order valence-electron chi connectivity index (χ2n) is 9.50. The van der Waals surface area contributed by atoms with E-state index in [1.54, 1.807) is 0 Å². The van der Waals surface area contributed by atoms with Crippen LogP contribution in [0.25, 0.3) is 0 Å². The maximum atomic E-state index is 11.8. The SMILES string of the molecule is O=C([C@@](O)([C@@H](O)[C@H](O)[C@H](O)CO[C@H]1O[C@H](CO[C@H]2O[C@H](CO)[C@@H](O)[C@H](O)[C@H]2O)[C@@H](O)[C@H](O)[C@H]1O)P(=O)(O)O)P(=O)(O)O. The van der Waals surface area contributed by atoms with Gasteiger partial charge >= 0.3 is 15.2 Å². The molecule has 2 saturated heterocycles. The lowest BCUT2D eigenvalue weighted by Crippen LogP contribution is -2.62. The van der Waals surface area contributed by atoms with Crippen molar-refractivity contribution in [3.8, 4) is 0 Å². The van der Waals surface area contributed by atoms with Gasteiger partial charge in [0.1, 0.15) is 67.1 Å². The number of ether oxygens (including phenoxy) is 4. The molecule has 2 fully saturated rings. The number of aliphatic hydroxyl groups is 11. The summed E-state index contributed by atoms with van der Waals surface area (Å²) in [5, 5.41) is 105. The Bertz CT molecular complexity index is 1000. The van der Waals surface area contributed by atoms with Gasteiger partial charge in [0, 0.05) is 0 Å². The van der Waals surface area contributed by atoms with E-state index in [4.69, 9.17) is 28.7 Å². The molecule has 2 aliphatic heterocycles. The molecule has 0 saturated carbocycles. The van der Waals surface area contributed by atoms with Crippen LogP contribution in [-0.2, 0) is 32.9 Å². The molecule has 24 heteroatoms. The van der Waals surface area contributed by atoms with E-state index in [2.05, 4.69) is 0 Å². The molecule has 2 rings (SSSR count). The summed E-state index contributed by atoms with van der Waals surface area (Å²) >= 11 is 0. The van der Waals surface area contributed by atoms with Gasteiger partial charge in [-0.3, -0.25) is 13.9 Å². The van der Waals surface area contributed by atoms with Crippen LogP contribution < -0.4 is 0 Å². The second-order valence-corrected chi connectivity index (χ2v) is 12.8. The zero-order valence-electron chi connectivity index (χ0n) is 21.1. The monoisotopic (exact) mass is 664 g/mol. The topological polar surface area (TPSA) is 392 Å². The van der Waals surface area contributed by atoms with Gasteiger partial charge in [0.25, 0.3) is 10.9 Å². The summed E-state index contributed by atoms with van der Waals surface area (Å²) in [6.07, 6.45) is -27.1. The van der Waals surface area contributed by atoms with Crippen LogP contribution in [0, 0.1) is 0 Å². The minimum absolute atomic E-state index is 0.781. The first-order valence-corrected chi connectivity index (χ1v) is 15.0. The molecule has 2 heterocycles. The Balaban J connectivity index is 2.10. The average molecular weight is 664 g/mol. The third-order valence-electron chi connectivity index (χ3n) is 6.53. The lowest BCUT2D eigenvalue weighted by atomic mass is 9.98. The van der Waals surface area contributed by atoms with Crippen LogP contribution in [0.15, 0.2) is 0 Å². The fraction of sp³-hybridized carbons (Fsp3) is 0.944. The van der Waals surface area contributed by atoms with Crippen molar-refractivity contribution in [2.24, 2.45) is 0 Å². The first kappa shape index (κ1) is 37.6. The second kappa shape index (κ2) is 14.2. The van der Waals surface area contributed by atoms with Crippen LogP contribution in [0.4, 0.5) is 0 Å². The molecule has 0 radical (unpaired) electrons. The normalized spacial score (nSPS) is 38.4. The fourth-order valence-electron chi connectivity index (χ4n) is 3.97. The predicted octanol–water partition coefficient (Wildman–Crippen LogP) is -8.72. The van der Waals surface area contributed by atoms with E-state index in [9.17, 15) is 79.9 Å². The highest BCUT2D eigenvalue weighted by atomic mass is 31.2. The number of aliphatic hydroxyl groups excluding tert-OH is 10. The van der Waals surface area contributed by atoms with Gasteiger partial charge in [-0.15, -0.1) is 0 Å². The first-order chi connectivity index (χ1) is 19.1. The van der Waals surface area contributed by atoms with Gasteiger partial charge in [0.15, 0.2) is 12.6 Å². The molecule has 0 aromatic carbocycles. The number of hydrogen-bond donors (Lipinski definition) is 15. The number of rotatable bonds is 13. The Hall–Kier alpha value is -0.630. The molecule has 2 aliphatic rings. The lowest BCUT2D eigenvalue weighted by Gasteiger charge is -2.43. The Morgan fingerprint density at radius 3 is 1.67 bits per heavy atom. The molecule has 42 heavy (non-hydrogen) atoms. The van der Waals surface area contributed by atoms with E-state index >= 15 is 0 Å². The van der Waals surface area contributed by atoms with Gasteiger partial charge in [0.05, 0.1) is 19.8 Å². The van der Waals surface area contributed by atoms with Crippen LogP contribution >= 0.6 is 15.2 Å². The Morgan fingerprint density at radius 2 is 1.21 bits per heavy atom. The van der Waals surface area contributed by atoms with Gasteiger partial charge < -0.3 is 94.7 Å². The van der Waals surface area contributed by atoms with Crippen LogP contribution in [0.2, 0.25) is 0 Å². The zero-order chi connectivity index (χ0) is 32.5. The number of hydrogen-bond acceptors (Lipinski definition) is 18. The van der Waals surface area contributed by atoms with E-state index in [1.165, 1.54) is 0 Å². The van der Waals surface area contributed by atoms with Gasteiger partial charge in [-0.2, -0.15) is 0 Å². The van der Waals surface area contributed by atoms with Crippen molar-refractivity contribution in [3.63, 3.8) is 0 Å². The molecular weight excluding hydrogens is 630 g/mol. The molecule has 0 amide bonds. The molecule has 0 unspecified atom stereocenters. The van der Waals surface area contributed by atoms with E-state index in [0.29, 0.717) is 0 Å². The Labute approximate surface area is 234 Å². The van der Waals surface area contributed by atoms with Crippen molar-refractivity contribution in [1.29, 1.82) is 0 Å². The van der Waals surface area contributed by atoms with Crippen molar-refractivity contribution in [3.05, 3.63) is 0 Å². The van der Waals surface area contributed by atoms with Gasteiger partial charge in [0.2, 0.25) is 0 Å². The van der Waals surface area contributed by atoms with E-state index in [1.807, 2.05) is 0 Å². The van der Waals surface area contributed by atoms with Gasteiger partial charge in [-0.05, 0) is 0 Å². The van der Waals surface area contributed by atoms with Crippen molar-refractivity contribution in [2.45, 2.75) is 85.1 Å². The minimum atomic E-state index is -6.37. The Morgan fingerprint density at radius 1 is 0.762 bits per heavy atom. The molecule has 22 nitrogen and oxygen atoms in total. The summed E-state index contributed by atoms with van der Waals surface area (Å²) in [5.74, 6) is 0. The van der Waals surface area contributed by atoms with Crippen molar-refractivity contribution in [2.75, 3.05) is 19.8 Å². The van der Waals surface area contributed by atoms with E-state index in [-0.39, 0.29) is 0 Å². The van der Waals surface area contributed by atoms with Crippen LogP contribution in [0.3, 0.4) is 0 Å². The van der Waals surface area contributed by atoms with Gasteiger partial charge in [-0.1, -0.05) is 0 Å². The summed E-state index contributed by atoms with van der Waals surface area (Å²) in [7, 11) is -12.5. The quantitative estimate of drug-likeness (QED) is 0.0812. The van der Waals surface area contributed by atoms with E-state index < -0.39 is 126 Å². The molecule has 0 aromatic heterocycles. The summed E-state index contributed by atoms with van der Waals surface area (Å²) in [5.41, 5.74) is -2.88. The maximum absolute atomic E-state index is 11.8. The fourth-order valence-corrected chi connectivity index (χ4v) is 6.05. The smallest absolute Gasteiger partial charge is 0.394 e. The molecule has 0 spiro atoms. The summed E-state index contributed by atoms with van der Waals surface area (Å²) < 4.78 is 43.3. The first-order valence-electron chi connectivity index (χ1n) is 11.8. The largest absolute Gasteiger partial charge is 0.395 e. The third kappa shape index (κ3) is 7.77. The number of carbonyl (C=O) groups is 1. The van der Waals surface area contributed by atoms with E-state index in [0.717, 1.165) is 0 Å². The molecule has 15 N–H and O–H groups in total. The van der Waals surface area contributed by atoms with Crippen molar-refractivity contribution >= 4 is 20.7 Å². The molecule has 0 bridgehead atoms. The molecule has 0 aromatic rings. The predicted molar refractivity (Wildman–Crippen MR) is 124 cm³/mol. The van der Waals surface area contributed by atoms with Crippen LogP contribution in [-0.4, -0.2) is 186 Å². The standard InChI is InChI=1S/C18H34O22P2/c19-1-5-8(22)10(24)12(26)16(39-5)38-3-6-9(23)11(25)13(27)15(40-6)37-2-4(20)7(21)14(28)18(30,42(34,35)36)17(29)41(31,32)33/h4-16,19-28,30H,1-3H2,(H2,31,32,33)(H2,34,35,36)/t4-,5-,6-,7-,8-,9-,10+,11+,12-,13-,14+,15+,16+,18-/m1/s1. The Kier molecular flexibility index (Phi) is 12.7. The highest BCUT2D eigenvalue weighted by Crippen LogP contribution is 2.58. The average Bonchev–Trinajstić information content (AvgIpc) is 2.91. The maximum Gasteiger partial charge on any atom is 0.395 e. The number of carbonyl (C=O) groups excluding carboxylic acids is 1. The highest BCUT2D eigenvalue weighted by molar-refractivity contribution is 7.73. The van der Waals surface area contributed by atoms with Crippen molar-refractivity contribution < 1.29 is 109 Å². The summed E-state index contributed by atoms with van der Waals surface area (Å²) in [6, 6.07) is 0. The third-order valence-corrected chi connectivity index (χ3v) is 8.93. The summed E-state index contributed by atoms with van der Waals surface area (Å²) in [4.78, 5) is 48.3. The minimum Gasteiger partial charge on any atom is -0.394 e. The molecule has 248 valence electrons. The molecular formula is C18H34O22P2. The lowest BCUT2D eigenvalue weighted by molar-refractivity contribution is -0.333. The van der Waals surface area contributed by atoms with Crippen molar-refractivity contribution in [1.82, 2.24) is 0 Å².